The van der Waals surface area contributed by atoms with E-state index in [0.717, 1.165) is 19.4 Å². The SMILES string of the molecule is CCCCNc1ncc(C(=O)Nc2ccccc2C(=O)OCC)cn1. The lowest BCUT2D eigenvalue weighted by Crippen LogP contribution is -2.16. The van der Waals surface area contributed by atoms with E-state index in [0.29, 0.717) is 22.8 Å². The highest BCUT2D eigenvalue weighted by Crippen LogP contribution is 2.17. The molecule has 2 aromatic rings. The number of unbranched alkanes of at least 4 members (excludes halogenated alkanes) is 1. The fourth-order valence-corrected chi connectivity index (χ4v) is 2.09. The first-order chi connectivity index (χ1) is 12.2. The normalized spacial score (nSPS) is 10.2. The van der Waals surface area contributed by atoms with Crippen LogP contribution in [0.5, 0.6) is 0 Å². The number of benzene rings is 1. The van der Waals surface area contributed by atoms with Gasteiger partial charge in [0.05, 0.1) is 23.4 Å². The molecule has 0 spiro atoms. The molecule has 1 aromatic heterocycles. The van der Waals surface area contributed by atoms with Gasteiger partial charge < -0.3 is 15.4 Å². The number of esters is 1. The maximum absolute atomic E-state index is 12.4. The largest absolute Gasteiger partial charge is 0.462 e. The lowest BCUT2D eigenvalue weighted by molar-refractivity contribution is 0.0527. The zero-order chi connectivity index (χ0) is 18.1. The van der Waals surface area contributed by atoms with E-state index in [4.69, 9.17) is 4.74 Å². The number of anilines is 2. The Morgan fingerprint density at radius 1 is 1.12 bits per heavy atom. The zero-order valence-corrected chi connectivity index (χ0v) is 14.4. The van der Waals surface area contributed by atoms with Crippen LogP contribution in [-0.4, -0.2) is 35.0 Å². The number of carbonyl (C=O) groups is 2. The third-order valence-corrected chi connectivity index (χ3v) is 3.40. The molecule has 0 radical (unpaired) electrons. The molecule has 0 bridgehead atoms. The van der Waals surface area contributed by atoms with Crippen LogP contribution in [0.15, 0.2) is 36.7 Å². The fraction of sp³-hybridized carbons (Fsp3) is 0.333. The molecular formula is C18H22N4O3. The highest BCUT2D eigenvalue weighted by molar-refractivity contribution is 6.07. The van der Waals surface area contributed by atoms with E-state index in [-0.39, 0.29) is 6.61 Å². The van der Waals surface area contributed by atoms with E-state index in [1.165, 1.54) is 12.4 Å². The molecule has 0 saturated carbocycles. The number of para-hydroxylation sites is 1. The first-order valence-electron chi connectivity index (χ1n) is 8.29. The number of hydrogen-bond acceptors (Lipinski definition) is 6. The standard InChI is InChI=1S/C18H22N4O3/c1-3-5-10-19-18-20-11-13(12-21-18)16(23)22-15-9-7-6-8-14(15)17(24)25-4-2/h6-9,11-12H,3-5,10H2,1-2H3,(H,22,23)(H,19,20,21). The van der Waals surface area contributed by atoms with Gasteiger partial charge in [-0.25, -0.2) is 14.8 Å². The number of amides is 1. The topological polar surface area (TPSA) is 93.2 Å². The summed E-state index contributed by atoms with van der Waals surface area (Å²) in [5.41, 5.74) is 0.993. The van der Waals surface area contributed by atoms with Crippen molar-refractivity contribution in [3.63, 3.8) is 0 Å². The predicted molar refractivity (Wildman–Crippen MR) is 95.8 cm³/mol. The van der Waals surface area contributed by atoms with Crippen LogP contribution >= 0.6 is 0 Å². The van der Waals surface area contributed by atoms with Gasteiger partial charge >= 0.3 is 5.97 Å². The van der Waals surface area contributed by atoms with Crippen LogP contribution in [0, 0.1) is 0 Å². The highest BCUT2D eigenvalue weighted by atomic mass is 16.5. The Labute approximate surface area is 146 Å². The summed E-state index contributed by atoms with van der Waals surface area (Å²) in [7, 11) is 0. The van der Waals surface area contributed by atoms with Crippen molar-refractivity contribution in [2.75, 3.05) is 23.8 Å². The summed E-state index contributed by atoms with van der Waals surface area (Å²) in [6.45, 7) is 4.88. The summed E-state index contributed by atoms with van der Waals surface area (Å²) in [6, 6.07) is 6.69. The summed E-state index contributed by atoms with van der Waals surface area (Å²) in [4.78, 5) is 32.6. The number of nitrogens with one attached hydrogen (secondary N) is 2. The minimum atomic E-state index is -0.481. The molecule has 0 aliphatic heterocycles. The van der Waals surface area contributed by atoms with Crippen molar-refractivity contribution in [1.29, 1.82) is 0 Å². The molecule has 1 aromatic carbocycles. The van der Waals surface area contributed by atoms with Gasteiger partial charge in [0.2, 0.25) is 5.95 Å². The van der Waals surface area contributed by atoms with Gasteiger partial charge in [-0.05, 0) is 25.5 Å². The molecule has 1 amide bonds. The first-order valence-corrected chi connectivity index (χ1v) is 8.29. The quantitative estimate of drug-likeness (QED) is 0.565. The molecule has 0 atom stereocenters. The maximum Gasteiger partial charge on any atom is 0.340 e. The van der Waals surface area contributed by atoms with Gasteiger partial charge in [0.1, 0.15) is 0 Å². The minimum absolute atomic E-state index is 0.265. The molecule has 0 aliphatic rings. The number of carbonyl (C=O) groups excluding carboxylic acids is 2. The van der Waals surface area contributed by atoms with E-state index in [2.05, 4.69) is 27.5 Å². The third-order valence-electron chi connectivity index (χ3n) is 3.40. The zero-order valence-electron chi connectivity index (χ0n) is 14.4. The maximum atomic E-state index is 12.4. The van der Waals surface area contributed by atoms with E-state index in [1.807, 2.05) is 0 Å². The molecule has 2 rings (SSSR count). The van der Waals surface area contributed by atoms with Crippen molar-refractivity contribution in [1.82, 2.24) is 9.97 Å². The molecule has 0 fully saturated rings. The third kappa shape index (κ3) is 5.27. The summed E-state index contributed by atoms with van der Waals surface area (Å²) >= 11 is 0. The van der Waals surface area contributed by atoms with Crippen molar-refractivity contribution >= 4 is 23.5 Å². The van der Waals surface area contributed by atoms with Gasteiger partial charge in [0.25, 0.3) is 5.91 Å². The van der Waals surface area contributed by atoms with Gasteiger partial charge in [0.15, 0.2) is 0 Å². The van der Waals surface area contributed by atoms with Gasteiger partial charge in [-0.3, -0.25) is 4.79 Å². The van der Waals surface area contributed by atoms with Crippen molar-refractivity contribution in [2.24, 2.45) is 0 Å². The van der Waals surface area contributed by atoms with Crippen LogP contribution in [0.3, 0.4) is 0 Å². The van der Waals surface area contributed by atoms with Gasteiger partial charge in [-0.1, -0.05) is 25.5 Å². The summed E-state index contributed by atoms with van der Waals surface area (Å²) in [5, 5.41) is 5.78. The Balaban J connectivity index is 2.06. The fourth-order valence-electron chi connectivity index (χ4n) is 2.09. The predicted octanol–water partition coefficient (Wildman–Crippen LogP) is 3.12. The molecule has 25 heavy (non-hydrogen) atoms. The Hall–Kier alpha value is -2.96. The molecule has 1 heterocycles. The summed E-state index contributed by atoms with van der Waals surface area (Å²) < 4.78 is 5.00. The minimum Gasteiger partial charge on any atom is -0.462 e. The van der Waals surface area contributed by atoms with E-state index < -0.39 is 11.9 Å². The Morgan fingerprint density at radius 2 is 1.84 bits per heavy atom. The van der Waals surface area contributed by atoms with Crippen LogP contribution in [-0.2, 0) is 4.74 Å². The number of hydrogen-bond donors (Lipinski definition) is 2. The molecule has 7 nitrogen and oxygen atoms in total. The second-order valence-corrected chi connectivity index (χ2v) is 5.30. The van der Waals surface area contributed by atoms with E-state index in [9.17, 15) is 9.59 Å². The molecule has 2 N–H and O–H groups in total. The average molecular weight is 342 g/mol. The second-order valence-electron chi connectivity index (χ2n) is 5.30. The monoisotopic (exact) mass is 342 g/mol. The average Bonchev–Trinajstić information content (AvgIpc) is 2.63. The van der Waals surface area contributed by atoms with Crippen LogP contribution in [0.1, 0.15) is 47.4 Å². The number of rotatable bonds is 8. The second kappa shape index (κ2) is 9.36. The van der Waals surface area contributed by atoms with Crippen molar-refractivity contribution in [3.05, 3.63) is 47.8 Å². The molecule has 132 valence electrons. The Morgan fingerprint density at radius 3 is 2.52 bits per heavy atom. The lowest BCUT2D eigenvalue weighted by atomic mass is 10.1. The van der Waals surface area contributed by atoms with Crippen molar-refractivity contribution in [3.8, 4) is 0 Å². The molecule has 0 aliphatic carbocycles. The molecule has 0 saturated heterocycles. The van der Waals surface area contributed by atoms with Gasteiger partial charge in [-0.15, -0.1) is 0 Å². The first kappa shape index (κ1) is 18.4. The molecule has 0 unspecified atom stereocenters. The molecular weight excluding hydrogens is 320 g/mol. The summed E-state index contributed by atoms with van der Waals surface area (Å²) in [5.74, 6) is -0.390. The van der Waals surface area contributed by atoms with Crippen LogP contribution in [0.25, 0.3) is 0 Å². The lowest BCUT2D eigenvalue weighted by Gasteiger charge is -2.10. The Kier molecular flexibility index (Phi) is 6.88. The van der Waals surface area contributed by atoms with Crippen LogP contribution in [0.2, 0.25) is 0 Å². The van der Waals surface area contributed by atoms with E-state index >= 15 is 0 Å². The number of ether oxygens (including phenoxy) is 1. The number of nitrogens with zero attached hydrogens (tertiary/aromatic N) is 2. The van der Waals surface area contributed by atoms with Crippen molar-refractivity contribution in [2.45, 2.75) is 26.7 Å². The smallest absolute Gasteiger partial charge is 0.340 e. The molecule has 7 heteroatoms. The highest BCUT2D eigenvalue weighted by Gasteiger charge is 2.15. The van der Waals surface area contributed by atoms with E-state index in [1.54, 1.807) is 31.2 Å². The summed E-state index contributed by atoms with van der Waals surface area (Å²) in [6.07, 6.45) is 5.00. The number of aromatic nitrogens is 2. The Bertz CT molecular complexity index is 717. The van der Waals surface area contributed by atoms with Gasteiger partial charge in [-0.2, -0.15) is 0 Å². The van der Waals surface area contributed by atoms with Crippen LogP contribution < -0.4 is 10.6 Å². The van der Waals surface area contributed by atoms with Crippen molar-refractivity contribution < 1.29 is 14.3 Å². The van der Waals surface area contributed by atoms with Crippen LogP contribution in [0.4, 0.5) is 11.6 Å². The van der Waals surface area contributed by atoms with Gasteiger partial charge in [0, 0.05) is 18.9 Å².